The Bertz CT molecular complexity index is 457. The summed E-state index contributed by atoms with van der Waals surface area (Å²) in [6.45, 7) is 5.28. The number of amides is 1. The van der Waals surface area contributed by atoms with Crippen molar-refractivity contribution in [1.29, 1.82) is 0 Å². The number of hydrogen-bond acceptors (Lipinski definition) is 3. The molecule has 4 N–H and O–H groups in total. The maximum Gasteiger partial charge on any atom is 0.222 e. The second-order valence-corrected chi connectivity index (χ2v) is 5.45. The van der Waals surface area contributed by atoms with E-state index < -0.39 is 0 Å². The van der Waals surface area contributed by atoms with Crippen LogP contribution in [-0.4, -0.2) is 19.0 Å². The molecule has 104 valence electrons. The van der Waals surface area contributed by atoms with E-state index in [1.54, 1.807) is 0 Å². The molecule has 4 nitrogen and oxygen atoms in total. The normalized spacial score (nSPS) is 17.5. The van der Waals surface area contributed by atoms with Crippen LogP contribution >= 0.6 is 0 Å². The summed E-state index contributed by atoms with van der Waals surface area (Å²) in [4.78, 5) is 11.4. The topological polar surface area (TPSA) is 67.2 Å². The molecule has 0 saturated carbocycles. The van der Waals surface area contributed by atoms with E-state index in [0.717, 1.165) is 25.1 Å². The van der Waals surface area contributed by atoms with Gasteiger partial charge in [0.05, 0.1) is 0 Å². The minimum absolute atomic E-state index is 0.0511. The summed E-state index contributed by atoms with van der Waals surface area (Å²) in [6.07, 6.45) is 2.19. The summed E-state index contributed by atoms with van der Waals surface area (Å²) in [7, 11) is 0. The molecule has 1 aliphatic carbocycles. The van der Waals surface area contributed by atoms with E-state index in [0.29, 0.717) is 12.6 Å². The SMILES string of the molecule is CC(C)C(=O)NCCNC1CCc2cc(N)ccc21. The number of benzene rings is 1. The van der Waals surface area contributed by atoms with Crippen LogP contribution < -0.4 is 16.4 Å². The number of hydrogen-bond donors (Lipinski definition) is 3. The molecule has 1 aliphatic rings. The van der Waals surface area contributed by atoms with Gasteiger partial charge in [-0.2, -0.15) is 0 Å². The first-order valence-electron chi connectivity index (χ1n) is 6.97. The maximum atomic E-state index is 11.4. The summed E-state index contributed by atoms with van der Waals surface area (Å²) in [5.74, 6) is 0.163. The minimum atomic E-state index is 0.0511. The highest BCUT2D eigenvalue weighted by atomic mass is 16.1. The van der Waals surface area contributed by atoms with E-state index in [2.05, 4.69) is 22.8 Å². The number of nitrogens with two attached hydrogens (primary N) is 1. The van der Waals surface area contributed by atoms with Gasteiger partial charge in [-0.15, -0.1) is 0 Å². The molecule has 4 heteroatoms. The number of anilines is 1. The van der Waals surface area contributed by atoms with Crippen LogP contribution in [0.4, 0.5) is 5.69 Å². The molecular weight excluding hydrogens is 238 g/mol. The van der Waals surface area contributed by atoms with Gasteiger partial charge < -0.3 is 16.4 Å². The van der Waals surface area contributed by atoms with Crippen molar-refractivity contribution < 1.29 is 4.79 Å². The van der Waals surface area contributed by atoms with Crippen molar-refractivity contribution in [3.63, 3.8) is 0 Å². The first kappa shape index (κ1) is 13.9. The van der Waals surface area contributed by atoms with E-state index in [1.165, 1.54) is 11.1 Å². The van der Waals surface area contributed by atoms with Gasteiger partial charge in [-0.3, -0.25) is 4.79 Å². The first-order chi connectivity index (χ1) is 9.08. The third-order valence-corrected chi connectivity index (χ3v) is 3.58. The standard InChI is InChI=1S/C15H23N3O/c1-10(2)15(19)18-8-7-17-14-6-3-11-9-12(16)4-5-13(11)14/h4-5,9-10,14,17H,3,6-8,16H2,1-2H3,(H,18,19). The lowest BCUT2D eigenvalue weighted by Gasteiger charge is -2.15. The molecule has 0 saturated heterocycles. The van der Waals surface area contributed by atoms with Crippen LogP contribution in [0.5, 0.6) is 0 Å². The molecule has 0 spiro atoms. The molecule has 1 atom stereocenters. The van der Waals surface area contributed by atoms with Crippen molar-refractivity contribution in [2.45, 2.75) is 32.7 Å². The van der Waals surface area contributed by atoms with Crippen molar-refractivity contribution >= 4 is 11.6 Å². The van der Waals surface area contributed by atoms with Gasteiger partial charge in [0.1, 0.15) is 0 Å². The number of aryl methyl sites for hydroxylation is 1. The van der Waals surface area contributed by atoms with Crippen molar-refractivity contribution in [1.82, 2.24) is 10.6 Å². The Morgan fingerprint density at radius 3 is 2.95 bits per heavy atom. The Labute approximate surface area is 114 Å². The highest BCUT2D eigenvalue weighted by molar-refractivity contribution is 5.77. The van der Waals surface area contributed by atoms with Gasteiger partial charge in [0.25, 0.3) is 0 Å². The number of nitrogen functional groups attached to an aromatic ring is 1. The third-order valence-electron chi connectivity index (χ3n) is 3.58. The van der Waals surface area contributed by atoms with Gasteiger partial charge in [-0.05, 0) is 36.1 Å². The largest absolute Gasteiger partial charge is 0.399 e. The Morgan fingerprint density at radius 1 is 1.42 bits per heavy atom. The highest BCUT2D eigenvalue weighted by Gasteiger charge is 2.21. The third kappa shape index (κ3) is 3.47. The van der Waals surface area contributed by atoms with Gasteiger partial charge in [0.15, 0.2) is 0 Å². The van der Waals surface area contributed by atoms with E-state index in [1.807, 2.05) is 19.9 Å². The molecule has 1 unspecified atom stereocenters. The smallest absolute Gasteiger partial charge is 0.222 e. The predicted octanol–water partition coefficient (Wildman–Crippen LogP) is 1.62. The van der Waals surface area contributed by atoms with E-state index >= 15 is 0 Å². The lowest BCUT2D eigenvalue weighted by Crippen LogP contribution is -2.35. The Morgan fingerprint density at radius 2 is 2.21 bits per heavy atom. The molecule has 0 bridgehead atoms. The summed E-state index contributed by atoms with van der Waals surface area (Å²) in [6, 6.07) is 6.53. The van der Waals surface area contributed by atoms with Crippen LogP contribution in [0.2, 0.25) is 0 Å². The zero-order valence-corrected chi connectivity index (χ0v) is 11.7. The minimum Gasteiger partial charge on any atom is -0.399 e. The van der Waals surface area contributed by atoms with Crippen LogP contribution in [0.3, 0.4) is 0 Å². The van der Waals surface area contributed by atoms with Crippen LogP contribution in [0.25, 0.3) is 0 Å². The molecule has 0 heterocycles. The average molecular weight is 261 g/mol. The molecule has 1 aromatic rings. The second kappa shape index (κ2) is 6.06. The van der Waals surface area contributed by atoms with Gasteiger partial charge in [0.2, 0.25) is 5.91 Å². The Kier molecular flexibility index (Phi) is 4.43. The number of carbonyl (C=O) groups excluding carboxylic acids is 1. The maximum absolute atomic E-state index is 11.4. The van der Waals surface area contributed by atoms with Crippen LogP contribution in [0.1, 0.15) is 37.4 Å². The molecule has 1 amide bonds. The summed E-state index contributed by atoms with van der Waals surface area (Å²) in [5, 5.41) is 6.41. The average Bonchev–Trinajstić information content (AvgIpc) is 2.76. The summed E-state index contributed by atoms with van der Waals surface area (Å²) in [5.41, 5.74) is 9.33. The fourth-order valence-electron chi connectivity index (χ4n) is 2.49. The lowest BCUT2D eigenvalue weighted by atomic mass is 10.1. The van der Waals surface area contributed by atoms with Gasteiger partial charge >= 0.3 is 0 Å². The van der Waals surface area contributed by atoms with E-state index in [-0.39, 0.29) is 11.8 Å². The van der Waals surface area contributed by atoms with Crippen LogP contribution in [0.15, 0.2) is 18.2 Å². The first-order valence-corrected chi connectivity index (χ1v) is 6.97. The highest BCUT2D eigenvalue weighted by Crippen LogP contribution is 2.31. The van der Waals surface area contributed by atoms with Crippen molar-refractivity contribution in [2.24, 2.45) is 5.92 Å². The molecule has 1 aromatic carbocycles. The number of rotatable bonds is 5. The molecule has 2 rings (SSSR count). The van der Waals surface area contributed by atoms with Crippen LogP contribution in [-0.2, 0) is 11.2 Å². The fraction of sp³-hybridized carbons (Fsp3) is 0.533. The molecular formula is C15H23N3O. The number of fused-ring (bicyclic) bond motifs is 1. The van der Waals surface area contributed by atoms with E-state index in [4.69, 9.17) is 5.73 Å². The van der Waals surface area contributed by atoms with Crippen molar-refractivity contribution in [3.8, 4) is 0 Å². The van der Waals surface area contributed by atoms with Crippen LogP contribution in [0, 0.1) is 5.92 Å². The zero-order chi connectivity index (χ0) is 13.8. The summed E-state index contributed by atoms with van der Waals surface area (Å²) < 4.78 is 0. The molecule has 0 aliphatic heterocycles. The van der Waals surface area contributed by atoms with Crippen molar-refractivity contribution in [2.75, 3.05) is 18.8 Å². The molecule has 0 fully saturated rings. The van der Waals surface area contributed by atoms with Gasteiger partial charge in [0, 0.05) is 30.7 Å². The van der Waals surface area contributed by atoms with Crippen molar-refractivity contribution in [3.05, 3.63) is 29.3 Å². The van der Waals surface area contributed by atoms with Gasteiger partial charge in [-0.1, -0.05) is 19.9 Å². The quantitative estimate of drug-likeness (QED) is 0.557. The Balaban J connectivity index is 1.79. The number of nitrogens with one attached hydrogen (secondary N) is 2. The number of carbonyl (C=O) groups is 1. The molecule has 19 heavy (non-hydrogen) atoms. The Hall–Kier alpha value is -1.55. The fourth-order valence-corrected chi connectivity index (χ4v) is 2.49. The molecule has 0 radical (unpaired) electrons. The monoisotopic (exact) mass is 261 g/mol. The summed E-state index contributed by atoms with van der Waals surface area (Å²) >= 11 is 0. The second-order valence-electron chi connectivity index (χ2n) is 5.45. The lowest BCUT2D eigenvalue weighted by molar-refractivity contribution is -0.123. The predicted molar refractivity (Wildman–Crippen MR) is 77.8 cm³/mol. The van der Waals surface area contributed by atoms with Gasteiger partial charge in [-0.25, -0.2) is 0 Å². The van der Waals surface area contributed by atoms with E-state index in [9.17, 15) is 4.79 Å². The molecule has 0 aromatic heterocycles. The zero-order valence-electron chi connectivity index (χ0n) is 11.7.